The Hall–Kier alpha value is -2.24. The second-order valence-electron chi connectivity index (χ2n) is 4.82. The highest BCUT2D eigenvalue weighted by Gasteiger charge is 2.25. The molecule has 0 spiro atoms. The van der Waals surface area contributed by atoms with E-state index in [1.807, 2.05) is 30.3 Å². The van der Waals surface area contributed by atoms with E-state index in [1.165, 1.54) is 6.33 Å². The van der Waals surface area contributed by atoms with E-state index < -0.39 is 0 Å². The van der Waals surface area contributed by atoms with Gasteiger partial charge in [-0.15, -0.1) is 0 Å². The van der Waals surface area contributed by atoms with Crippen LogP contribution in [-0.2, 0) is 0 Å². The van der Waals surface area contributed by atoms with E-state index >= 15 is 0 Å². The summed E-state index contributed by atoms with van der Waals surface area (Å²) in [5, 5.41) is 8.64. The predicted octanol–water partition coefficient (Wildman–Crippen LogP) is 4.23. The van der Waals surface area contributed by atoms with Crippen molar-refractivity contribution < 1.29 is 4.42 Å². The van der Waals surface area contributed by atoms with Crippen LogP contribution in [0.15, 0.2) is 53.4 Å². The molecule has 0 saturated carbocycles. The topological polar surface area (TPSA) is 55.9 Å². The van der Waals surface area contributed by atoms with Gasteiger partial charge in [0.05, 0.1) is 12.0 Å². The fourth-order valence-electron chi connectivity index (χ4n) is 2.47. The molecule has 3 heterocycles. The number of nitrogens with zero attached hydrogens (tertiary/aromatic N) is 3. The third-order valence-corrected chi connectivity index (χ3v) is 4.04. The minimum Gasteiger partial charge on any atom is -0.463 e. The van der Waals surface area contributed by atoms with E-state index in [0.717, 1.165) is 17.0 Å². The fourth-order valence-corrected chi connectivity index (χ4v) is 2.99. The summed E-state index contributed by atoms with van der Waals surface area (Å²) in [6, 6.07) is 8.94. The van der Waals surface area contributed by atoms with E-state index in [-0.39, 0.29) is 6.04 Å². The zero-order valence-electron chi connectivity index (χ0n) is 11.2. The van der Waals surface area contributed by atoms with Crippen molar-refractivity contribution >= 4 is 34.8 Å². The Morgan fingerprint density at radius 3 is 2.91 bits per heavy atom. The molecule has 0 amide bonds. The van der Waals surface area contributed by atoms with Crippen LogP contribution in [0.1, 0.15) is 17.4 Å². The van der Waals surface area contributed by atoms with E-state index in [4.69, 9.17) is 27.6 Å². The van der Waals surface area contributed by atoms with Gasteiger partial charge in [0, 0.05) is 10.0 Å². The predicted molar refractivity (Wildman–Crippen MR) is 84.9 cm³/mol. The summed E-state index contributed by atoms with van der Waals surface area (Å²) in [7, 11) is 0. The van der Waals surface area contributed by atoms with Crippen molar-refractivity contribution in [3.63, 3.8) is 0 Å². The molecule has 1 atom stereocenters. The number of nitrogens with one attached hydrogen (secondary N) is 1. The molecule has 1 N–H and O–H groups in total. The molecule has 0 unspecified atom stereocenters. The minimum absolute atomic E-state index is 0.191. The Labute approximate surface area is 136 Å². The van der Waals surface area contributed by atoms with Crippen LogP contribution in [0.2, 0.25) is 10.0 Å². The Bertz CT molecular complexity index is 854. The molecule has 1 aliphatic rings. The molecule has 0 aliphatic carbocycles. The van der Waals surface area contributed by atoms with Gasteiger partial charge >= 0.3 is 0 Å². The summed E-state index contributed by atoms with van der Waals surface area (Å²) in [6.45, 7) is 0. The second-order valence-corrected chi connectivity index (χ2v) is 5.67. The number of anilines is 1. The third kappa shape index (κ3) is 2.19. The van der Waals surface area contributed by atoms with E-state index in [9.17, 15) is 0 Å². The van der Waals surface area contributed by atoms with Gasteiger partial charge in [-0.05, 0) is 35.9 Å². The first-order valence-electron chi connectivity index (χ1n) is 6.59. The molecule has 0 radical (unpaired) electrons. The zero-order chi connectivity index (χ0) is 15.1. The molecule has 4 rings (SSSR count). The van der Waals surface area contributed by atoms with Crippen molar-refractivity contribution in [2.45, 2.75) is 6.04 Å². The quantitative estimate of drug-likeness (QED) is 0.762. The molecule has 0 bridgehead atoms. The highest BCUT2D eigenvalue weighted by atomic mass is 35.5. The van der Waals surface area contributed by atoms with Crippen LogP contribution in [-0.4, -0.2) is 14.8 Å². The van der Waals surface area contributed by atoms with Crippen LogP contribution in [0.4, 0.5) is 5.95 Å². The lowest BCUT2D eigenvalue weighted by atomic mass is 10.0. The number of allylic oxidation sites excluding steroid dienone is 1. The van der Waals surface area contributed by atoms with E-state index in [0.29, 0.717) is 16.0 Å². The Morgan fingerprint density at radius 2 is 2.14 bits per heavy atom. The van der Waals surface area contributed by atoms with Crippen molar-refractivity contribution in [2.24, 2.45) is 0 Å². The lowest BCUT2D eigenvalue weighted by Crippen LogP contribution is -2.20. The summed E-state index contributed by atoms with van der Waals surface area (Å²) < 4.78 is 7.22. The number of aromatic nitrogens is 3. The normalized spacial score (nSPS) is 16.8. The highest BCUT2D eigenvalue weighted by molar-refractivity contribution is 6.35. The third-order valence-electron chi connectivity index (χ3n) is 3.48. The molecule has 2 aromatic heterocycles. The van der Waals surface area contributed by atoms with Crippen LogP contribution in [0, 0.1) is 0 Å². The van der Waals surface area contributed by atoms with Gasteiger partial charge in [-0.25, -0.2) is 4.68 Å². The Kier molecular flexibility index (Phi) is 3.17. The first-order valence-corrected chi connectivity index (χ1v) is 7.35. The first kappa shape index (κ1) is 13.4. The molecule has 7 heteroatoms. The van der Waals surface area contributed by atoms with Gasteiger partial charge in [0.2, 0.25) is 5.95 Å². The lowest BCUT2D eigenvalue weighted by Gasteiger charge is -2.24. The van der Waals surface area contributed by atoms with Gasteiger partial charge in [-0.2, -0.15) is 10.1 Å². The standard InChI is InChI=1S/C15H10Cl2N4O/c16-9-3-4-10(11(17)6-9)13-7-12(14-2-1-5-22-14)20-15-18-8-19-21(13)15/h1-8,13H,(H,18,19,20)/t13-/m0/s1. The number of benzene rings is 1. The molecule has 22 heavy (non-hydrogen) atoms. The fraction of sp³-hybridized carbons (Fsp3) is 0.0667. The number of fused-ring (bicyclic) bond motifs is 1. The van der Waals surface area contributed by atoms with Crippen molar-refractivity contribution in [3.05, 3.63) is 70.4 Å². The maximum absolute atomic E-state index is 6.35. The monoisotopic (exact) mass is 332 g/mol. The van der Waals surface area contributed by atoms with E-state index in [1.54, 1.807) is 17.0 Å². The average molecular weight is 333 g/mol. The maximum Gasteiger partial charge on any atom is 0.226 e. The number of halogens is 2. The van der Waals surface area contributed by atoms with Gasteiger partial charge in [-0.3, -0.25) is 0 Å². The molecule has 3 aromatic rings. The molecule has 110 valence electrons. The molecule has 1 aliphatic heterocycles. The molecule has 1 aromatic carbocycles. The van der Waals surface area contributed by atoms with Crippen LogP contribution in [0.5, 0.6) is 0 Å². The average Bonchev–Trinajstić information content (AvgIpc) is 3.18. The molecular formula is C15H10Cl2N4O. The molecular weight excluding hydrogens is 323 g/mol. The number of furan rings is 1. The second kappa shape index (κ2) is 5.19. The smallest absolute Gasteiger partial charge is 0.226 e. The van der Waals surface area contributed by atoms with Crippen molar-refractivity contribution in [1.82, 2.24) is 14.8 Å². The van der Waals surface area contributed by atoms with Gasteiger partial charge in [-0.1, -0.05) is 29.3 Å². The van der Waals surface area contributed by atoms with Crippen LogP contribution in [0.3, 0.4) is 0 Å². The van der Waals surface area contributed by atoms with Gasteiger partial charge in [0.25, 0.3) is 0 Å². The van der Waals surface area contributed by atoms with E-state index in [2.05, 4.69) is 15.4 Å². The Morgan fingerprint density at radius 1 is 1.23 bits per heavy atom. The van der Waals surface area contributed by atoms with Crippen LogP contribution < -0.4 is 5.32 Å². The molecule has 5 nitrogen and oxygen atoms in total. The minimum atomic E-state index is -0.191. The van der Waals surface area contributed by atoms with Crippen LogP contribution in [0.25, 0.3) is 5.70 Å². The van der Waals surface area contributed by atoms with Gasteiger partial charge in [0.1, 0.15) is 18.1 Å². The summed E-state index contributed by atoms with van der Waals surface area (Å²) in [6.07, 6.45) is 5.12. The lowest BCUT2D eigenvalue weighted by molar-refractivity contribution is 0.547. The number of hydrogen-bond acceptors (Lipinski definition) is 4. The van der Waals surface area contributed by atoms with Crippen LogP contribution >= 0.6 is 23.2 Å². The molecule has 0 fully saturated rings. The summed E-state index contributed by atoms with van der Waals surface area (Å²) in [5.41, 5.74) is 1.71. The zero-order valence-corrected chi connectivity index (χ0v) is 12.7. The van der Waals surface area contributed by atoms with Crippen molar-refractivity contribution in [1.29, 1.82) is 0 Å². The maximum atomic E-state index is 6.35. The Balaban J connectivity index is 1.86. The summed E-state index contributed by atoms with van der Waals surface area (Å²) >= 11 is 12.3. The largest absolute Gasteiger partial charge is 0.463 e. The van der Waals surface area contributed by atoms with Gasteiger partial charge < -0.3 is 9.73 Å². The summed E-state index contributed by atoms with van der Waals surface area (Å²) in [4.78, 5) is 4.23. The number of rotatable bonds is 2. The summed E-state index contributed by atoms with van der Waals surface area (Å²) in [5.74, 6) is 1.36. The SMILES string of the molecule is Clc1ccc([C@@H]2C=C(c3ccco3)Nc3ncnn32)c(Cl)c1. The highest BCUT2D eigenvalue weighted by Crippen LogP contribution is 2.35. The van der Waals surface area contributed by atoms with Crippen molar-refractivity contribution in [2.75, 3.05) is 5.32 Å². The molecule has 0 saturated heterocycles. The van der Waals surface area contributed by atoms with Gasteiger partial charge in [0.15, 0.2) is 0 Å². The number of hydrogen-bond donors (Lipinski definition) is 1. The van der Waals surface area contributed by atoms with Crippen molar-refractivity contribution in [3.8, 4) is 0 Å². The first-order chi connectivity index (χ1) is 10.7.